The SMILES string of the molecule is CCC=CC(=CC(=O)O)C(=O)O. The maximum Gasteiger partial charge on any atom is 0.335 e. The summed E-state index contributed by atoms with van der Waals surface area (Å²) in [4.78, 5) is 20.5. The Morgan fingerprint density at radius 3 is 2.25 bits per heavy atom. The molecule has 2 N–H and O–H groups in total. The van der Waals surface area contributed by atoms with Gasteiger partial charge in [-0.25, -0.2) is 9.59 Å². The van der Waals surface area contributed by atoms with E-state index < -0.39 is 11.9 Å². The van der Waals surface area contributed by atoms with Gasteiger partial charge in [0.25, 0.3) is 0 Å². The molecule has 0 radical (unpaired) electrons. The van der Waals surface area contributed by atoms with E-state index in [9.17, 15) is 9.59 Å². The lowest BCUT2D eigenvalue weighted by Gasteiger charge is -1.90. The fourth-order valence-corrected chi connectivity index (χ4v) is 0.559. The van der Waals surface area contributed by atoms with E-state index in [2.05, 4.69) is 0 Å². The topological polar surface area (TPSA) is 74.6 Å². The molecule has 0 fully saturated rings. The van der Waals surface area contributed by atoms with Crippen LogP contribution in [-0.2, 0) is 9.59 Å². The van der Waals surface area contributed by atoms with Crippen molar-refractivity contribution in [2.75, 3.05) is 0 Å². The second kappa shape index (κ2) is 5.12. The van der Waals surface area contributed by atoms with E-state index in [0.717, 1.165) is 0 Å². The Bertz CT molecular complexity index is 237. The van der Waals surface area contributed by atoms with E-state index in [1.807, 2.05) is 6.92 Å². The maximum absolute atomic E-state index is 10.4. The lowest BCUT2D eigenvalue weighted by atomic mass is 10.2. The van der Waals surface area contributed by atoms with Gasteiger partial charge in [-0.05, 0) is 6.42 Å². The lowest BCUT2D eigenvalue weighted by Crippen LogP contribution is -2.01. The summed E-state index contributed by atoms with van der Waals surface area (Å²) in [6.07, 6.45) is 4.19. The van der Waals surface area contributed by atoms with Crippen molar-refractivity contribution in [1.29, 1.82) is 0 Å². The van der Waals surface area contributed by atoms with Crippen LogP contribution in [0.2, 0.25) is 0 Å². The third-order valence-corrected chi connectivity index (χ3v) is 1.06. The number of allylic oxidation sites excluding steroid dienone is 1. The van der Waals surface area contributed by atoms with Crippen LogP contribution in [0.5, 0.6) is 0 Å². The van der Waals surface area contributed by atoms with Gasteiger partial charge in [0.15, 0.2) is 0 Å². The molecule has 0 saturated heterocycles. The molecule has 0 saturated carbocycles. The van der Waals surface area contributed by atoms with E-state index in [-0.39, 0.29) is 5.57 Å². The Morgan fingerprint density at radius 2 is 1.92 bits per heavy atom. The highest BCUT2D eigenvalue weighted by atomic mass is 16.4. The van der Waals surface area contributed by atoms with Gasteiger partial charge in [-0.1, -0.05) is 19.1 Å². The molecular weight excluding hydrogens is 160 g/mol. The summed E-state index contributed by atoms with van der Waals surface area (Å²) in [7, 11) is 0. The molecule has 0 bridgehead atoms. The third kappa shape index (κ3) is 4.27. The first kappa shape index (κ1) is 10.4. The van der Waals surface area contributed by atoms with Crippen molar-refractivity contribution in [3.05, 3.63) is 23.8 Å². The minimum Gasteiger partial charge on any atom is -0.478 e. The zero-order valence-electron chi connectivity index (χ0n) is 6.65. The Morgan fingerprint density at radius 1 is 1.33 bits per heavy atom. The Labute approximate surface area is 69.8 Å². The maximum atomic E-state index is 10.4. The molecule has 0 aliphatic rings. The van der Waals surface area contributed by atoms with Crippen molar-refractivity contribution in [2.45, 2.75) is 13.3 Å². The Kier molecular flexibility index (Phi) is 4.45. The normalized spacial score (nSPS) is 11.9. The molecule has 0 aromatic carbocycles. The second-order valence-corrected chi connectivity index (χ2v) is 2.05. The van der Waals surface area contributed by atoms with Crippen LogP contribution in [0.15, 0.2) is 23.8 Å². The van der Waals surface area contributed by atoms with E-state index >= 15 is 0 Å². The minimum absolute atomic E-state index is 0.218. The highest BCUT2D eigenvalue weighted by Gasteiger charge is 2.04. The largest absolute Gasteiger partial charge is 0.478 e. The highest BCUT2D eigenvalue weighted by molar-refractivity contribution is 5.96. The summed E-state index contributed by atoms with van der Waals surface area (Å²) in [6.45, 7) is 1.83. The summed E-state index contributed by atoms with van der Waals surface area (Å²) in [6, 6.07) is 0. The van der Waals surface area contributed by atoms with E-state index in [1.165, 1.54) is 6.08 Å². The van der Waals surface area contributed by atoms with E-state index in [0.29, 0.717) is 12.5 Å². The van der Waals surface area contributed by atoms with Crippen LogP contribution in [0.25, 0.3) is 0 Å². The van der Waals surface area contributed by atoms with Crippen LogP contribution in [0.4, 0.5) is 0 Å². The molecule has 0 aromatic rings. The zero-order chi connectivity index (χ0) is 9.56. The van der Waals surface area contributed by atoms with Crippen molar-refractivity contribution < 1.29 is 19.8 Å². The predicted octanol–water partition coefficient (Wildman–Crippen LogP) is 1.05. The van der Waals surface area contributed by atoms with Gasteiger partial charge >= 0.3 is 11.9 Å². The minimum atomic E-state index is -1.26. The molecule has 0 aliphatic heterocycles. The van der Waals surface area contributed by atoms with Crippen molar-refractivity contribution in [3.63, 3.8) is 0 Å². The summed E-state index contributed by atoms with van der Waals surface area (Å²) in [5.74, 6) is -2.49. The average molecular weight is 170 g/mol. The number of hydrogen-bond acceptors (Lipinski definition) is 2. The fourth-order valence-electron chi connectivity index (χ4n) is 0.559. The van der Waals surface area contributed by atoms with Crippen LogP contribution >= 0.6 is 0 Å². The molecule has 0 spiro atoms. The Balaban J connectivity index is 4.55. The predicted molar refractivity (Wildman–Crippen MR) is 42.8 cm³/mol. The molecule has 0 rings (SSSR count). The number of carbonyl (C=O) groups is 2. The monoisotopic (exact) mass is 170 g/mol. The summed E-state index contributed by atoms with van der Waals surface area (Å²) < 4.78 is 0. The van der Waals surface area contributed by atoms with Crippen molar-refractivity contribution in [2.24, 2.45) is 0 Å². The number of carboxylic acid groups (broad SMARTS) is 2. The van der Waals surface area contributed by atoms with Gasteiger partial charge in [-0.15, -0.1) is 0 Å². The van der Waals surface area contributed by atoms with Gasteiger partial charge < -0.3 is 10.2 Å². The molecule has 0 amide bonds. The molecule has 0 aromatic heterocycles. The third-order valence-electron chi connectivity index (χ3n) is 1.06. The standard InChI is InChI=1S/C8H10O4/c1-2-3-4-6(8(11)12)5-7(9)10/h3-5H,2H2,1H3,(H,9,10)(H,11,12). The van der Waals surface area contributed by atoms with Gasteiger partial charge in [-0.3, -0.25) is 0 Å². The van der Waals surface area contributed by atoms with Gasteiger partial charge in [0.1, 0.15) is 0 Å². The first-order valence-corrected chi connectivity index (χ1v) is 3.42. The molecule has 12 heavy (non-hydrogen) atoms. The quantitative estimate of drug-likeness (QED) is 0.488. The zero-order valence-corrected chi connectivity index (χ0v) is 6.65. The molecule has 0 atom stereocenters. The van der Waals surface area contributed by atoms with Gasteiger partial charge in [0.2, 0.25) is 0 Å². The van der Waals surface area contributed by atoms with Crippen LogP contribution in [0.1, 0.15) is 13.3 Å². The number of carboxylic acids is 2. The number of hydrogen-bond donors (Lipinski definition) is 2. The summed E-state index contributed by atoms with van der Waals surface area (Å²) in [5.41, 5.74) is -0.218. The van der Waals surface area contributed by atoms with E-state index in [1.54, 1.807) is 6.08 Å². The summed E-state index contributed by atoms with van der Waals surface area (Å²) >= 11 is 0. The number of rotatable bonds is 4. The number of aliphatic carboxylic acids is 2. The lowest BCUT2D eigenvalue weighted by molar-refractivity contribution is -0.134. The Hall–Kier alpha value is -1.58. The molecule has 0 heterocycles. The second-order valence-electron chi connectivity index (χ2n) is 2.05. The molecule has 66 valence electrons. The van der Waals surface area contributed by atoms with Gasteiger partial charge in [0.05, 0.1) is 5.57 Å². The first-order chi connectivity index (χ1) is 5.57. The van der Waals surface area contributed by atoms with Crippen molar-refractivity contribution in [3.8, 4) is 0 Å². The van der Waals surface area contributed by atoms with Crippen LogP contribution in [-0.4, -0.2) is 22.2 Å². The summed E-state index contributed by atoms with van der Waals surface area (Å²) in [5, 5.41) is 16.7. The molecule has 0 unspecified atom stereocenters. The average Bonchev–Trinajstić information content (AvgIpc) is 1.96. The van der Waals surface area contributed by atoms with Crippen LogP contribution in [0.3, 0.4) is 0 Å². The van der Waals surface area contributed by atoms with Crippen molar-refractivity contribution >= 4 is 11.9 Å². The van der Waals surface area contributed by atoms with E-state index in [4.69, 9.17) is 10.2 Å². The smallest absolute Gasteiger partial charge is 0.335 e. The molecular formula is C8H10O4. The molecule has 4 nitrogen and oxygen atoms in total. The van der Waals surface area contributed by atoms with Crippen molar-refractivity contribution in [1.82, 2.24) is 0 Å². The van der Waals surface area contributed by atoms with Crippen LogP contribution < -0.4 is 0 Å². The fraction of sp³-hybridized carbons (Fsp3) is 0.250. The molecule has 4 heteroatoms. The van der Waals surface area contributed by atoms with Crippen LogP contribution in [0, 0.1) is 0 Å². The molecule has 0 aliphatic carbocycles. The highest BCUT2D eigenvalue weighted by Crippen LogP contribution is 1.98. The van der Waals surface area contributed by atoms with Gasteiger partial charge in [-0.2, -0.15) is 0 Å². The first-order valence-electron chi connectivity index (χ1n) is 3.42. The van der Waals surface area contributed by atoms with Gasteiger partial charge in [0, 0.05) is 6.08 Å².